The number of carbonyl (C=O) groups excluding carboxylic acids is 1. The van der Waals surface area contributed by atoms with E-state index in [0.29, 0.717) is 12.4 Å². The summed E-state index contributed by atoms with van der Waals surface area (Å²) in [5, 5.41) is 2.70. The first-order valence-electron chi connectivity index (χ1n) is 6.86. The van der Waals surface area contributed by atoms with Crippen LogP contribution in [0.25, 0.3) is 0 Å². The smallest absolute Gasteiger partial charge is 0.323 e. The Balaban J connectivity index is 2.54. The summed E-state index contributed by atoms with van der Waals surface area (Å²) in [7, 11) is -3.14. The van der Waals surface area contributed by atoms with Crippen LogP contribution in [0.2, 0.25) is 0 Å². The summed E-state index contributed by atoms with van der Waals surface area (Å²) in [5.41, 5.74) is -0.105. The molecule has 0 aromatic heterocycles. The highest BCUT2D eigenvalue weighted by molar-refractivity contribution is 7.56. The molecule has 0 fully saturated rings. The van der Waals surface area contributed by atoms with Crippen LogP contribution in [0.4, 0.5) is 0 Å². The fourth-order valence-electron chi connectivity index (χ4n) is 1.53. The molecule has 0 aliphatic heterocycles. The lowest BCUT2D eigenvalue weighted by Gasteiger charge is -2.22. The molecular formula is C15H24NO4P. The van der Waals surface area contributed by atoms with Crippen LogP contribution in [0, 0.1) is 5.41 Å². The second-order valence-corrected chi connectivity index (χ2v) is 8.40. The molecule has 1 aromatic rings. The first kappa shape index (κ1) is 17.7. The molecule has 0 saturated carbocycles. The standard InChI is InChI=1S/C15H24NO4P/c1-12(14(17)19-11-15(2,3)4)16-21(5,18)20-13-9-7-6-8-10-13/h6-10,12H,11H2,1-5H3,(H,16,18)/t12-,21?/m0/s1. The molecule has 1 unspecified atom stereocenters. The van der Waals surface area contributed by atoms with Gasteiger partial charge in [0.1, 0.15) is 11.8 Å². The molecule has 0 bridgehead atoms. The zero-order valence-corrected chi connectivity index (χ0v) is 14.1. The van der Waals surface area contributed by atoms with E-state index in [0.717, 1.165) is 0 Å². The van der Waals surface area contributed by atoms with Crippen LogP contribution in [-0.2, 0) is 14.1 Å². The molecule has 0 spiro atoms. The van der Waals surface area contributed by atoms with Crippen LogP contribution < -0.4 is 9.61 Å². The molecule has 0 saturated heterocycles. The molecule has 0 aliphatic carbocycles. The van der Waals surface area contributed by atoms with Crippen molar-refractivity contribution in [3.8, 4) is 5.75 Å². The Kier molecular flexibility index (Phi) is 5.99. The van der Waals surface area contributed by atoms with E-state index >= 15 is 0 Å². The maximum atomic E-state index is 12.4. The number of benzene rings is 1. The minimum absolute atomic E-state index is 0.105. The first-order chi connectivity index (χ1) is 9.59. The van der Waals surface area contributed by atoms with E-state index in [-0.39, 0.29) is 5.41 Å². The Morgan fingerprint density at radius 3 is 2.38 bits per heavy atom. The summed E-state index contributed by atoms with van der Waals surface area (Å²) in [5.74, 6) is 0.0507. The van der Waals surface area contributed by atoms with Crippen molar-refractivity contribution in [3.63, 3.8) is 0 Å². The van der Waals surface area contributed by atoms with Crippen LogP contribution in [0.3, 0.4) is 0 Å². The molecule has 5 nitrogen and oxygen atoms in total. The molecule has 118 valence electrons. The Morgan fingerprint density at radius 1 is 1.29 bits per heavy atom. The molecule has 21 heavy (non-hydrogen) atoms. The maximum Gasteiger partial charge on any atom is 0.323 e. The van der Waals surface area contributed by atoms with Crippen molar-refractivity contribution in [2.75, 3.05) is 13.3 Å². The van der Waals surface area contributed by atoms with Gasteiger partial charge in [0.05, 0.1) is 6.61 Å². The number of carbonyl (C=O) groups is 1. The Labute approximate surface area is 126 Å². The Hall–Kier alpha value is -1.32. The predicted molar refractivity (Wildman–Crippen MR) is 83.6 cm³/mol. The summed E-state index contributed by atoms with van der Waals surface area (Å²) in [6.45, 7) is 9.28. The zero-order valence-electron chi connectivity index (χ0n) is 13.3. The number of hydrogen-bond donors (Lipinski definition) is 1. The molecule has 2 atom stereocenters. The molecule has 1 N–H and O–H groups in total. The normalized spacial score (nSPS) is 15.9. The van der Waals surface area contributed by atoms with Gasteiger partial charge in [0.15, 0.2) is 0 Å². The lowest BCUT2D eigenvalue weighted by Crippen LogP contribution is -2.35. The number of hydrogen-bond acceptors (Lipinski definition) is 4. The fraction of sp³-hybridized carbons (Fsp3) is 0.533. The van der Waals surface area contributed by atoms with Gasteiger partial charge in [-0.2, -0.15) is 0 Å². The second-order valence-electron chi connectivity index (χ2n) is 6.27. The van der Waals surface area contributed by atoms with Crippen LogP contribution in [0.1, 0.15) is 27.7 Å². The van der Waals surface area contributed by atoms with Gasteiger partial charge in [0.25, 0.3) is 0 Å². The largest absolute Gasteiger partial charge is 0.464 e. The lowest BCUT2D eigenvalue weighted by molar-refractivity contribution is -0.148. The topological polar surface area (TPSA) is 64.6 Å². The van der Waals surface area contributed by atoms with Gasteiger partial charge in [-0.1, -0.05) is 39.0 Å². The molecular weight excluding hydrogens is 289 g/mol. The quantitative estimate of drug-likeness (QED) is 0.643. The summed E-state index contributed by atoms with van der Waals surface area (Å²) in [6.07, 6.45) is 0. The minimum atomic E-state index is -3.14. The van der Waals surface area contributed by atoms with Crippen molar-refractivity contribution in [3.05, 3.63) is 30.3 Å². The van der Waals surface area contributed by atoms with E-state index in [9.17, 15) is 9.36 Å². The summed E-state index contributed by atoms with van der Waals surface area (Å²) in [6, 6.07) is 8.13. The van der Waals surface area contributed by atoms with E-state index in [1.807, 2.05) is 26.8 Å². The van der Waals surface area contributed by atoms with Crippen molar-refractivity contribution < 1.29 is 18.6 Å². The van der Waals surface area contributed by atoms with Crippen molar-refractivity contribution >= 4 is 13.5 Å². The zero-order chi connectivity index (χ0) is 16.1. The van der Waals surface area contributed by atoms with Gasteiger partial charge in [-0.05, 0) is 24.5 Å². The third-order valence-corrected chi connectivity index (χ3v) is 3.87. The number of ether oxygens (including phenoxy) is 1. The third kappa shape index (κ3) is 7.30. The van der Waals surface area contributed by atoms with E-state index in [4.69, 9.17) is 9.26 Å². The highest BCUT2D eigenvalue weighted by atomic mass is 31.2. The van der Waals surface area contributed by atoms with Gasteiger partial charge in [0, 0.05) is 6.66 Å². The van der Waals surface area contributed by atoms with Gasteiger partial charge in [-0.25, -0.2) is 5.09 Å². The Bertz CT molecular complexity index is 510. The number of para-hydroxylation sites is 1. The number of rotatable bonds is 6. The monoisotopic (exact) mass is 313 g/mol. The fourth-order valence-corrected chi connectivity index (χ4v) is 2.91. The Morgan fingerprint density at radius 2 is 1.86 bits per heavy atom. The average molecular weight is 313 g/mol. The van der Waals surface area contributed by atoms with E-state index < -0.39 is 19.5 Å². The first-order valence-corrected chi connectivity index (χ1v) is 8.93. The maximum absolute atomic E-state index is 12.4. The van der Waals surface area contributed by atoms with Crippen molar-refractivity contribution in [2.45, 2.75) is 33.7 Å². The van der Waals surface area contributed by atoms with Crippen LogP contribution >= 0.6 is 7.52 Å². The van der Waals surface area contributed by atoms with Gasteiger partial charge in [-0.15, -0.1) is 0 Å². The molecule has 1 rings (SSSR count). The van der Waals surface area contributed by atoms with Crippen molar-refractivity contribution in [1.29, 1.82) is 0 Å². The van der Waals surface area contributed by atoms with E-state index in [2.05, 4.69) is 5.09 Å². The van der Waals surface area contributed by atoms with Gasteiger partial charge in [-0.3, -0.25) is 9.36 Å². The van der Waals surface area contributed by atoms with Crippen LogP contribution in [0.15, 0.2) is 30.3 Å². The van der Waals surface area contributed by atoms with E-state index in [1.165, 1.54) is 6.66 Å². The lowest BCUT2D eigenvalue weighted by atomic mass is 9.99. The second kappa shape index (κ2) is 7.10. The predicted octanol–water partition coefficient (Wildman–Crippen LogP) is 3.46. The van der Waals surface area contributed by atoms with Crippen LogP contribution in [0.5, 0.6) is 5.75 Å². The van der Waals surface area contributed by atoms with Gasteiger partial charge >= 0.3 is 13.5 Å². The van der Waals surface area contributed by atoms with Crippen molar-refractivity contribution in [1.82, 2.24) is 5.09 Å². The SMILES string of the molecule is C[C@H](NP(C)(=O)Oc1ccccc1)C(=O)OCC(C)(C)C. The molecule has 0 aliphatic rings. The van der Waals surface area contributed by atoms with Crippen molar-refractivity contribution in [2.24, 2.45) is 5.41 Å². The number of esters is 1. The molecule has 0 heterocycles. The summed E-state index contributed by atoms with van der Waals surface area (Å²) >= 11 is 0. The summed E-state index contributed by atoms with van der Waals surface area (Å²) < 4.78 is 22.9. The molecule has 1 aromatic carbocycles. The molecule has 0 amide bonds. The highest BCUT2D eigenvalue weighted by Gasteiger charge is 2.26. The molecule has 0 radical (unpaired) electrons. The number of nitrogens with one attached hydrogen (secondary N) is 1. The van der Waals surface area contributed by atoms with Gasteiger partial charge in [0.2, 0.25) is 0 Å². The van der Waals surface area contributed by atoms with E-state index in [1.54, 1.807) is 31.2 Å². The third-order valence-electron chi connectivity index (χ3n) is 2.45. The highest BCUT2D eigenvalue weighted by Crippen LogP contribution is 2.39. The average Bonchev–Trinajstić information content (AvgIpc) is 2.35. The molecule has 6 heteroatoms. The van der Waals surface area contributed by atoms with Crippen LogP contribution in [-0.4, -0.2) is 25.3 Å². The van der Waals surface area contributed by atoms with Gasteiger partial charge < -0.3 is 9.26 Å². The summed E-state index contributed by atoms with van der Waals surface area (Å²) in [4.78, 5) is 11.9. The minimum Gasteiger partial charge on any atom is -0.464 e.